The Morgan fingerprint density at radius 2 is 1.94 bits per heavy atom. The van der Waals surface area contributed by atoms with Crippen LogP contribution in [0.3, 0.4) is 0 Å². The molecule has 0 N–H and O–H groups in total. The predicted molar refractivity (Wildman–Crippen MR) is 69.4 cm³/mol. The lowest BCUT2D eigenvalue weighted by Gasteiger charge is -2.01. The van der Waals surface area contributed by atoms with Crippen LogP contribution in [0, 0.1) is 0 Å². The number of carbonyl (C=O) groups excluding carboxylic acids is 2. The molecule has 0 radical (unpaired) electrons. The van der Waals surface area contributed by atoms with Crippen molar-refractivity contribution in [2.45, 2.75) is 40.0 Å². The number of carbonyl (C=O) groups is 2. The Morgan fingerprint density at radius 1 is 1.31 bits per heavy atom. The van der Waals surface area contributed by atoms with Crippen LogP contribution in [-0.4, -0.2) is 12.6 Å². The maximum absolute atomic E-state index is 9.96. The van der Waals surface area contributed by atoms with Gasteiger partial charge in [-0.15, -0.1) is 0 Å². The fourth-order valence-corrected chi connectivity index (χ4v) is 1.04. The first-order chi connectivity index (χ1) is 7.85. The highest BCUT2D eigenvalue weighted by atomic mass is 16.1. The first-order valence-corrected chi connectivity index (χ1v) is 5.70. The monoisotopic (exact) mass is 222 g/mol. The van der Waals surface area contributed by atoms with Crippen molar-refractivity contribution in [2.75, 3.05) is 0 Å². The van der Waals surface area contributed by atoms with Crippen LogP contribution in [0.15, 0.2) is 36.0 Å². The summed E-state index contributed by atoms with van der Waals surface area (Å²) in [5.74, 6) is 0. The van der Waals surface area contributed by atoms with Crippen molar-refractivity contribution >= 4 is 12.6 Å². The fourth-order valence-electron chi connectivity index (χ4n) is 1.04. The summed E-state index contributed by atoms with van der Waals surface area (Å²) < 4.78 is 0. The summed E-state index contributed by atoms with van der Waals surface area (Å²) in [5.41, 5.74) is 1.31. The molecule has 0 spiro atoms. The second-order valence-corrected chi connectivity index (χ2v) is 2.75. The first-order valence-electron chi connectivity index (χ1n) is 5.70. The van der Waals surface area contributed by atoms with E-state index in [-0.39, 0.29) is 0 Å². The molecular formula is C14H22O2. The maximum Gasteiger partial charge on any atom is 0.123 e. The molecule has 0 saturated heterocycles. The SMILES string of the molecule is CC.CC=O.O=CC/C=C\C1=CC=CCC1. The molecule has 16 heavy (non-hydrogen) atoms. The van der Waals surface area contributed by atoms with Crippen LogP contribution in [0.25, 0.3) is 0 Å². The lowest BCUT2D eigenvalue weighted by atomic mass is 10.0. The Balaban J connectivity index is 0. The third-order valence-corrected chi connectivity index (χ3v) is 1.61. The largest absolute Gasteiger partial charge is 0.304 e. The second kappa shape index (κ2) is 16.0. The molecule has 2 heteroatoms. The Labute approximate surface area is 98.7 Å². The Kier molecular flexibility index (Phi) is 17.0. The molecule has 0 aromatic heterocycles. The van der Waals surface area contributed by atoms with Crippen LogP contribution in [-0.2, 0) is 9.59 Å². The minimum atomic E-state index is 0.529. The standard InChI is InChI=1S/C10H12O.C2H4O.C2H6/c11-9-5-4-8-10-6-2-1-3-7-10;1-2-3;1-2/h1-2,4,6,8-9H,3,5,7H2;2H,1H3;1-2H3/b8-4-;;. The Morgan fingerprint density at radius 3 is 2.38 bits per heavy atom. The maximum atomic E-state index is 9.96. The van der Waals surface area contributed by atoms with E-state index in [2.05, 4.69) is 18.2 Å². The number of hydrogen-bond donors (Lipinski definition) is 0. The number of allylic oxidation sites excluding steroid dienone is 6. The van der Waals surface area contributed by atoms with Gasteiger partial charge in [0.15, 0.2) is 0 Å². The zero-order valence-electron chi connectivity index (χ0n) is 10.5. The highest BCUT2D eigenvalue weighted by Crippen LogP contribution is 2.12. The van der Waals surface area contributed by atoms with Crippen molar-refractivity contribution in [1.29, 1.82) is 0 Å². The molecule has 0 fully saturated rings. The van der Waals surface area contributed by atoms with Gasteiger partial charge in [0.25, 0.3) is 0 Å². The van der Waals surface area contributed by atoms with Crippen molar-refractivity contribution in [3.05, 3.63) is 36.0 Å². The lowest BCUT2D eigenvalue weighted by molar-refractivity contribution is -0.107. The van der Waals surface area contributed by atoms with Crippen molar-refractivity contribution in [2.24, 2.45) is 0 Å². The lowest BCUT2D eigenvalue weighted by Crippen LogP contribution is -1.82. The molecule has 0 amide bonds. The van der Waals surface area contributed by atoms with Crippen molar-refractivity contribution in [3.8, 4) is 0 Å². The fraction of sp³-hybridized carbons (Fsp3) is 0.429. The molecule has 0 aromatic rings. The van der Waals surface area contributed by atoms with Crippen LogP contribution in [0.4, 0.5) is 0 Å². The zero-order valence-corrected chi connectivity index (χ0v) is 10.5. The molecule has 1 aliphatic carbocycles. The van der Waals surface area contributed by atoms with E-state index in [0.29, 0.717) is 6.42 Å². The number of rotatable bonds is 3. The highest BCUT2D eigenvalue weighted by molar-refractivity contribution is 5.52. The van der Waals surface area contributed by atoms with E-state index in [0.717, 1.165) is 25.4 Å². The van der Waals surface area contributed by atoms with Gasteiger partial charge < -0.3 is 9.59 Å². The molecule has 1 aliphatic rings. The zero-order chi connectivity index (χ0) is 12.6. The third-order valence-electron chi connectivity index (χ3n) is 1.61. The molecule has 0 aromatic carbocycles. The highest BCUT2D eigenvalue weighted by Gasteiger charge is 1.92. The molecule has 0 heterocycles. The molecule has 0 atom stereocenters. The van der Waals surface area contributed by atoms with Gasteiger partial charge in [-0.2, -0.15) is 0 Å². The van der Waals surface area contributed by atoms with E-state index < -0.39 is 0 Å². The van der Waals surface area contributed by atoms with Gasteiger partial charge in [0.05, 0.1) is 0 Å². The van der Waals surface area contributed by atoms with E-state index in [9.17, 15) is 4.79 Å². The Bertz CT molecular complexity index is 247. The van der Waals surface area contributed by atoms with E-state index in [1.165, 1.54) is 12.5 Å². The number of hydrogen-bond acceptors (Lipinski definition) is 2. The van der Waals surface area contributed by atoms with Gasteiger partial charge >= 0.3 is 0 Å². The molecule has 90 valence electrons. The van der Waals surface area contributed by atoms with Gasteiger partial charge in [-0.05, 0) is 25.3 Å². The molecular weight excluding hydrogens is 200 g/mol. The van der Waals surface area contributed by atoms with Gasteiger partial charge in [-0.25, -0.2) is 0 Å². The summed E-state index contributed by atoms with van der Waals surface area (Å²) in [4.78, 5) is 18.8. The second-order valence-electron chi connectivity index (χ2n) is 2.75. The van der Waals surface area contributed by atoms with Gasteiger partial charge in [-0.1, -0.05) is 44.2 Å². The number of aldehydes is 2. The normalized spacial score (nSPS) is 12.8. The summed E-state index contributed by atoms with van der Waals surface area (Å²) in [6.45, 7) is 5.44. The van der Waals surface area contributed by atoms with Crippen molar-refractivity contribution in [3.63, 3.8) is 0 Å². The van der Waals surface area contributed by atoms with Gasteiger partial charge in [0.1, 0.15) is 12.6 Å². The summed E-state index contributed by atoms with van der Waals surface area (Å²) in [5, 5.41) is 0. The minimum absolute atomic E-state index is 0.529. The average molecular weight is 222 g/mol. The summed E-state index contributed by atoms with van der Waals surface area (Å²) in [6.07, 6.45) is 14.6. The van der Waals surface area contributed by atoms with Crippen LogP contribution >= 0.6 is 0 Å². The molecule has 1 rings (SSSR count). The molecule has 0 aliphatic heterocycles. The van der Waals surface area contributed by atoms with E-state index in [4.69, 9.17) is 4.79 Å². The van der Waals surface area contributed by atoms with Crippen molar-refractivity contribution < 1.29 is 9.59 Å². The van der Waals surface area contributed by atoms with Crippen LogP contribution in [0.1, 0.15) is 40.0 Å². The summed E-state index contributed by atoms with van der Waals surface area (Å²) in [7, 11) is 0. The molecule has 2 nitrogen and oxygen atoms in total. The smallest absolute Gasteiger partial charge is 0.123 e. The third kappa shape index (κ3) is 12.6. The summed E-state index contributed by atoms with van der Waals surface area (Å²) >= 11 is 0. The first kappa shape index (κ1) is 17.0. The summed E-state index contributed by atoms with van der Waals surface area (Å²) in [6, 6.07) is 0. The molecule has 0 bridgehead atoms. The van der Waals surface area contributed by atoms with Crippen LogP contribution in [0.5, 0.6) is 0 Å². The minimum Gasteiger partial charge on any atom is -0.304 e. The van der Waals surface area contributed by atoms with Gasteiger partial charge in [-0.3, -0.25) is 0 Å². The van der Waals surface area contributed by atoms with Crippen molar-refractivity contribution in [1.82, 2.24) is 0 Å². The van der Waals surface area contributed by atoms with E-state index in [1.54, 1.807) is 0 Å². The van der Waals surface area contributed by atoms with E-state index >= 15 is 0 Å². The van der Waals surface area contributed by atoms with Gasteiger partial charge in [0.2, 0.25) is 0 Å². The quantitative estimate of drug-likeness (QED) is 0.683. The predicted octanol–water partition coefficient (Wildman–Crippen LogP) is 3.64. The van der Waals surface area contributed by atoms with Gasteiger partial charge in [0, 0.05) is 6.42 Å². The Hall–Kier alpha value is -1.44. The molecule has 0 saturated carbocycles. The van der Waals surface area contributed by atoms with Crippen LogP contribution in [0.2, 0.25) is 0 Å². The topological polar surface area (TPSA) is 34.1 Å². The van der Waals surface area contributed by atoms with E-state index in [1.807, 2.05) is 26.0 Å². The average Bonchev–Trinajstić information content (AvgIpc) is 2.34. The molecule has 0 unspecified atom stereocenters. The van der Waals surface area contributed by atoms with Crippen LogP contribution < -0.4 is 0 Å².